The van der Waals surface area contributed by atoms with Gasteiger partial charge in [-0.2, -0.15) is 0 Å². The number of carbonyl (C=O) groups is 1. The summed E-state index contributed by atoms with van der Waals surface area (Å²) in [6, 6.07) is 9.79. The van der Waals surface area contributed by atoms with Crippen LogP contribution >= 0.6 is 0 Å². The molecule has 3 aromatic rings. The van der Waals surface area contributed by atoms with Crippen molar-refractivity contribution in [3.05, 3.63) is 36.7 Å². The van der Waals surface area contributed by atoms with Gasteiger partial charge in [0.25, 0.3) is 0 Å². The Morgan fingerprint density at radius 3 is 2.96 bits per heavy atom. The van der Waals surface area contributed by atoms with Gasteiger partial charge in [-0.1, -0.05) is 35.5 Å². The number of hydrogen-bond donors (Lipinski definition) is 0. The molecule has 7 heteroatoms. The summed E-state index contributed by atoms with van der Waals surface area (Å²) in [5.41, 5.74) is 2.87. The Bertz CT molecular complexity index is 910. The number of anilines is 1. The van der Waals surface area contributed by atoms with Crippen LogP contribution in [0.1, 0.15) is 19.8 Å². The van der Waals surface area contributed by atoms with E-state index in [1.54, 1.807) is 0 Å². The van der Waals surface area contributed by atoms with E-state index in [1.807, 2.05) is 37.3 Å². The molecule has 134 valence electrons. The van der Waals surface area contributed by atoms with Crippen molar-refractivity contribution in [1.29, 1.82) is 0 Å². The minimum Gasteiger partial charge on any atom is -0.466 e. The van der Waals surface area contributed by atoms with Gasteiger partial charge >= 0.3 is 5.97 Å². The van der Waals surface area contributed by atoms with Crippen molar-refractivity contribution >= 4 is 22.9 Å². The minimum absolute atomic E-state index is 0.148. The van der Waals surface area contributed by atoms with Crippen molar-refractivity contribution in [1.82, 2.24) is 15.1 Å². The number of esters is 1. The normalized spacial score (nSPS) is 17.4. The summed E-state index contributed by atoms with van der Waals surface area (Å²) in [4.78, 5) is 23.0. The number of aromatic nitrogens is 3. The van der Waals surface area contributed by atoms with Crippen molar-refractivity contribution in [2.45, 2.75) is 19.8 Å². The van der Waals surface area contributed by atoms with Crippen LogP contribution in [0.3, 0.4) is 0 Å². The maximum absolute atomic E-state index is 12.1. The lowest BCUT2D eigenvalue weighted by molar-refractivity contribution is -0.148. The fourth-order valence-corrected chi connectivity index (χ4v) is 3.38. The van der Waals surface area contributed by atoms with E-state index in [0.29, 0.717) is 35.8 Å². The van der Waals surface area contributed by atoms with Crippen LogP contribution < -0.4 is 4.90 Å². The van der Waals surface area contributed by atoms with Gasteiger partial charge < -0.3 is 14.2 Å². The Morgan fingerprint density at radius 2 is 2.15 bits per heavy atom. The van der Waals surface area contributed by atoms with E-state index in [1.165, 1.54) is 6.33 Å². The fraction of sp³-hybridized carbons (Fsp3) is 0.368. The molecule has 0 amide bonds. The minimum atomic E-state index is -0.148. The lowest BCUT2D eigenvalue weighted by Crippen LogP contribution is -2.40. The molecule has 1 aromatic carbocycles. The first-order valence-corrected chi connectivity index (χ1v) is 8.85. The molecule has 0 radical (unpaired) electrons. The molecule has 1 aliphatic rings. The largest absolute Gasteiger partial charge is 0.466 e. The number of rotatable bonds is 4. The lowest BCUT2D eigenvalue weighted by atomic mass is 9.98. The smallest absolute Gasteiger partial charge is 0.310 e. The molecule has 0 bridgehead atoms. The first-order chi connectivity index (χ1) is 12.8. The topological polar surface area (TPSA) is 81.4 Å². The molecule has 0 unspecified atom stereocenters. The molecule has 0 spiro atoms. The second-order valence-corrected chi connectivity index (χ2v) is 6.31. The average molecular weight is 352 g/mol. The van der Waals surface area contributed by atoms with Crippen molar-refractivity contribution in [3.63, 3.8) is 0 Å². The summed E-state index contributed by atoms with van der Waals surface area (Å²) < 4.78 is 10.8. The molecule has 1 atom stereocenters. The third kappa shape index (κ3) is 3.00. The van der Waals surface area contributed by atoms with Crippen LogP contribution in [-0.2, 0) is 9.53 Å². The van der Waals surface area contributed by atoms with E-state index in [9.17, 15) is 4.79 Å². The van der Waals surface area contributed by atoms with Crippen LogP contribution in [0.5, 0.6) is 0 Å². The summed E-state index contributed by atoms with van der Waals surface area (Å²) in [6.45, 7) is 3.59. The quantitative estimate of drug-likeness (QED) is 0.667. The lowest BCUT2D eigenvalue weighted by Gasteiger charge is -2.31. The van der Waals surface area contributed by atoms with Gasteiger partial charge in [0.1, 0.15) is 17.5 Å². The van der Waals surface area contributed by atoms with Gasteiger partial charge in [0.15, 0.2) is 5.82 Å². The standard InChI is InChI=1S/C19H20N4O3/c1-2-25-19(24)14-9-6-10-23(11-14)18-17-16(20-12-21-18)15(22-26-17)13-7-4-3-5-8-13/h3-5,7-8,12,14H,2,6,9-11H2,1H3/t14-/m0/s1. The van der Waals surface area contributed by atoms with Gasteiger partial charge in [-0.25, -0.2) is 9.97 Å². The summed E-state index contributed by atoms with van der Waals surface area (Å²) >= 11 is 0. The molecule has 1 aliphatic heterocycles. The first kappa shape index (κ1) is 16.5. The highest BCUT2D eigenvalue weighted by Crippen LogP contribution is 2.32. The maximum atomic E-state index is 12.1. The van der Waals surface area contributed by atoms with Crippen LogP contribution in [0.15, 0.2) is 41.2 Å². The van der Waals surface area contributed by atoms with Gasteiger partial charge in [0, 0.05) is 18.7 Å². The summed E-state index contributed by atoms with van der Waals surface area (Å²) in [7, 11) is 0. The Morgan fingerprint density at radius 1 is 1.31 bits per heavy atom. The highest BCUT2D eigenvalue weighted by atomic mass is 16.5. The van der Waals surface area contributed by atoms with E-state index in [0.717, 1.165) is 24.9 Å². The summed E-state index contributed by atoms with van der Waals surface area (Å²) in [5, 5.41) is 4.21. The van der Waals surface area contributed by atoms with E-state index in [2.05, 4.69) is 20.0 Å². The van der Waals surface area contributed by atoms with Crippen LogP contribution in [0.4, 0.5) is 5.82 Å². The number of ether oxygens (including phenoxy) is 1. The summed E-state index contributed by atoms with van der Waals surface area (Å²) in [5.74, 6) is 0.383. The van der Waals surface area contributed by atoms with Gasteiger partial charge in [0.05, 0.1) is 12.5 Å². The Balaban J connectivity index is 1.67. The maximum Gasteiger partial charge on any atom is 0.310 e. The predicted octanol–water partition coefficient (Wildman–Crippen LogP) is 3.06. The molecule has 1 saturated heterocycles. The third-order valence-electron chi connectivity index (χ3n) is 4.63. The molecule has 2 aromatic heterocycles. The molecule has 0 N–H and O–H groups in total. The van der Waals surface area contributed by atoms with Crippen molar-refractivity contribution < 1.29 is 14.1 Å². The second-order valence-electron chi connectivity index (χ2n) is 6.31. The molecule has 3 heterocycles. The first-order valence-electron chi connectivity index (χ1n) is 8.85. The Hall–Kier alpha value is -2.96. The number of benzene rings is 1. The van der Waals surface area contributed by atoms with Gasteiger partial charge in [-0.05, 0) is 19.8 Å². The molecule has 26 heavy (non-hydrogen) atoms. The molecule has 7 nitrogen and oxygen atoms in total. The SMILES string of the molecule is CCOC(=O)[C@H]1CCCN(c2ncnc3c(-c4ccccc4)noc23)C1. The fourth-order valence-electron chi connectivity index (χ4n) is 3.38. The van der Waals surface area contributed by atoms with Crippen molar-refractivity contribution in [2.24, 2.45) is 5.92 Å². The average Bonchev–Trinajstić information content (AvgIpc) is 3.13. The summed E-state index contributed by atoms with van der Waals surface area (Å²) in [6.07, 6.45) is 3.25. The molecular weight excluding hydrogens is 332 g/mol. The van der Waals surface area contributed by atoms with Gasteiger partial charge in [0.2, 0.25) is 5.58 Å². The van der Waals surface area contributed by atoms with Crippen molar-refractivity contribution in [3.8, 4) is 11.3 Å². The van der Waals surface area contributed by atoms with Gasteiger partial charge in [-0.15, -0.1) is 0 Å². The predicted molar refractivity (Wildman–Crippen MR) is 96.6 cm³/mol. The molecule has 0 aliphatic carbocycles. The number of carbonyl (C=O) groups excluding carboxylic acids is 1. The van der Waals surface area contributed by atoms with Crippen LogP contribution in [0.2, 0.25) is 0 Å². The molecule has 0 saturated carbocycles. The molecule has 1 fully saturated rings. The zero-order valence-corrected chi connectivity index (χ0v) is 14.6. The Kier molecular flexibility index (Phi) is 4.51. The molecule has 4 rings (SSSR count). The zero-order valence-electron chi connectivity index (χ0n) is 14.6. The van der Waals surface area contributed by atoms with E-state index in [4.69, 9.17) is 9.26 Å². The van der Waals surface area contributed by atoms with Gasteiger partial charge in [-0.3, -0.25) is 4.79 Å². The highest BCUT2D eigenvalue weighted by molar-refractivity contribution is 5.93. The van der Waals surface area contributed by atoms with E-state index in [-0.39, 0.29) is 11.9 Å². The van der Waals surface area contributed by atoms with Crippen LogP contribution in [-0.4, -0.2) is 40.8 Å². The number of fused-ring (bicyclic) bond motifs is 1. The number of nitrogens with zero attached hydrogens (tertiary/aromatic N) is 4. The second kappa shape index (κ2) is 7.11. The zero-order chi connectivity index (χ0) is 17.9. The van der Waals surface area contributed by atoms with Crippen molar-refractivity contribution in [2.75, 3.05) is 24.6 Å². The van der Waals surface area contributed by atoms with E-state index < -0.39 is 0 Å². The highest BCUT2D eigenvalue weighted by Gasteiger charge is 2.29. The van der Waals surface area contributed by atoms with Crippen LogP contribution in [0, 0.1) is 5.92 Å². The number of hydrogen-bond acceptors (Lipinski definition) is 7. The third-order valence-corrected chi connectivity index (χ3v) is 4.63. The monoisotopic (exact) mass is 352 g/mol. The number of piperidine rings is 1. The Labute approximate surface area is 151 Å². The van der Waals surface area contributed by atoms with E-state index >= 15 is 0 Å². The molecular formula is C19H20N4O3. The van der Waals surface area contributed by atoms with Crippen LogP contribution in [0.25, 0.3) is 22.4 Å².